The standard InChI is InChI=1S/C22H30F2N10O/c1-12-8-19(30-20(27-12)22(5,23)24)29-15-10-18(28-13(2)35)26-11-14(15)16-9-17(34(31-16)32-25)21(3,4)33(6)7/h8-11,32H,25H2,1-7H3,(H2,26,27,28,29,30,35). The Labute approximate surface area is 202 Å². The summed E-state index contributed by atoms with van der Waals surface area (Å²) in [5, 5.41) is 10.2. The summed E-state index contributed by atoms with van der Waals surface area (Å²) >= 11 is 0. The van der Waals surface area contributed by atoms with Crippen LogP contribution < -0.4 is 22.0 Å². The minimum Gasteiger partial charge on any atom is -0.339 e. The van der Waals surface area contributed by atoms with Gasteiger partial charge < -0.3 is 10.6 Å². The number of nitrogen functional groups attached to an aromatic ring is 1. The molecule has 0 aliphatic rings. The Morgan fingerprint density at radius 1 is 1.11 bits per heavy atom. The lowest BCUT2D eigenvalue weighted by Gasteiger charge is -2.32. The van der Waals surface area contributed by atoms with Crippen molar-refractivity contribution in [3.05, 3.63) is 41.6 Å². The van der Waals surface area contributed by atoms with E-state index < -0.39 is 17.3 Å². The summed E-state index contributed by atoms with van der Waals surface area (Å²) in [7, 11) is 3.87. The van der Waals surface area contributed by atoms with Gasteiger partial charge in [-0.15, -0.1) is 0 Å². The number of nitrogens with one attached hydrogen (secondary N) is 3. The molecule has 3 aromatic rings. The van der Waals surface area contributed by atoms with Crippen molar-refractivity contribution in [2.45, 2.75) is 46.1 Å². The Morgan fingerprint density at radius 2 is 1.80 bits per heavy atom. The molecule has 3 heterocycles. The van der Waals surface area contributed by atoms with Gasteiger partial charge >= 0.3 is 5.92 Å². The van der Waals surface area contributed by atoms with Gasteiger partial charge in [0, 0.05) is 43.4 Å². The summed E-state index contributed by atoms with van der Waals surface area (Å²) in [4.78, 5) is 27.2. The molecule has 0 fully saturated rings. The fourth-order valence-electron chi connectivity index (χ4n) is 3.25. The van der Waals surface area contributed by atoms with E-state index in [1.165, 1.54) is 24.0 Å². The van der Waals surface area contributed by atoms with Gasteiger partial charge in [-0.2, -0.15) is 18.7 Å². The quantitative estimate of drug-likeness (QED) is 0.278. The minimum atomic E-state index is -3.22. The van der Waals surface area contributed by atoms with Gasteiger partial charge in [0.25, 0.3) is 0 Å². The Kier molecular flexibility index (Phi) is 7.03. The summed E-state index contributed by atoms with van der Waals surface area (Å²) in [6.07, 6.45) is 1.52. The molecular weight excluding hydrogens is 458 g/mol. The van der Waals surface area contributed by atoms with E-state index in [2.05, 4.69) is 36.2 Å². The van der Waals surface area contributed by atoms with E-state index in [9.17, 15) is 13.6 Å². The number of nitrogens with two attached hydrogens (primary N) is 1. The lowest BCUT2D eigenvalue weighted by molar-refractivity contribution is -0.114. The van der Waals surface area contributed by atoms with Crippen molar-refractivity contribution in [3.63, 3.8) is 0 Å². The van der Waals surface area contributed by atoms with E-state index in [1.54, 1.807) is 13.0 Å². The molecule has 3 aromatic heterocycles. The summed E-state index contributed by atoms with van der Waals surface area (Å²) in [5.74, 6) is 2.00. The molecule has 0 radical (unpaired) electrons. The number of pyridine rings is 1. The van der Waals surface area contributed by atoms with E-state index in [4.69, 9.17) is 5.84 Å². The Bertz CT molecular complexity index is 1230. The van der Waals surface area contributed by atoms with Crippen LogP contribution in [-0.4, -0.2) is 49.7 Å². The maximum absolute atomic E-state index is 13.9. The fourth-order valence-corrected chi connectivity index (χ4v) is 3.25. The molecule has 0 atom stereocenters. The van der Waals surface area contributed by atoms with Gasteiger partial charge in [-0.25, -0.2) is 26.3 Å². The molecule has 0 saturated heterocycles. The van der Waals surface area contributed by atoms with Gasteiger partial charge in [0.15, 0.2) is 0 Å². The highest BCUT2D eigenvalue weighted by Crippen LogP contribution is 2.34. The van der Waals surface area contributed by atoms with Gasteiger partial charge in [0.2, 0.25) is 11.7 Å². The van der Waals surface area contributed by atoms with E-state index in [1.807, 2.05) is 38.9 Å². The number of hydrogen-bond donors (Lipinski definition) is 4. The van der Waals surface area contributed by atoms with E-state index in [-0.39, 0.29) is 17.5 Å². The number of carbonyl (C=O) groups excluding carboxylic acids is 1. The van der Waals surface area contributed by atoms with Gasteiger partial charge in [-0.05, 0) is 40.9 Å². The molecule has 3 rings (SSSR count). The molecule has 188 valence electrons. The van der Waals surface area contributed by atoms with Crippen LogP contribution in [0.25, 0.3) is 11.3 Å². The lowest BCUT2D eigenvalue weighted by atomic mass is 9.98. The highest BCUT2D eigenvalue weighted by Gasteiger charge is 2.30. The van der Waals surface area contributed by atoms with Gasteiger partial charge in [-0.3, -0.25) is 9.69 Å². The van der Waals surface area contributed by atoms with Crippen molar-refractivity contribution < 1.29 is 13.6 Å². The zero-order valence-corrected chi connectivity index (χ0v) is 20.7. The van der Waals surface area contributed by atoms with Crippen LogP contribution in [0.5, 0.6) is 0 Å². The monoisotopic (exact) mass is 488 g/mol. The third-order valence-corrected chi connectivity index (χ3v) is 5.57. The number of rotatable bonds is 8. The second-order valence-corrected chi connectivity index (χ2v) is 8.94. The number of halogens is 2. The molecule has 5 N–H and O–H groups in total. The molecule has 11 nitrogen and oxygen atoms in total. The zero-order valence-electron chi connectivity index (χ0n) is 20.7. The van der Waals surface area contributed by atoms with Crippen molar-refractivity contribution in [3.8, 4) is 11.3 Å². The topological polar surface area (TPSA) is 139 Å². The minimum absolute atomic E-state index is 0.153. The molecule has 0 spiro atoms. The predicted molar refractivity (Wildman–Crippen MR) is 130 cm³/mol. The summed E-state index contributed by atoms with van der Waals surface area (Å²) < 4.78 is 27.8. The summed E-state index contributed by atoms with van der Waals surface area (Å²) in [5.41, 5.74) is 4.72. The zero-order chi connectivity index (χ0) is 26.1. The van der Waals surface area contributed by atoms with E-state index in [0.717, 1.165) is 12.6 Å². The molecule has 35 heavy (non-hydrogen) atoms. The van der Waals surface area contributed by atoms with Crippen LogP contribution in [0.15, 0.2) is 24.4 Å². The Hall–Kier alpha value is -3.71. The Morgan fingerprint density at radius 3 is 2.37 bits per heavy atom. The van der Waals surface area contributed by atoms with Crippen molar-refractivity contribution in [2.24, 2.45) is 5.84 Å². The van der Waals surface area contributed by atoms with Crippen molar-refractivity contribution in [1.29, 1.82) is 0 Å². The van der Waals surface area contributed by atoms with Crippen LogP contribution in [0.1, 0.15) is 44.9 Å². The normalized spacial score (nSPS) is 12.1. The molecule has 13 heteroatoms. The number of nitrogens with zero attached hydrogens (tertiary/aromatic N) is 6. The molecule has 0 bridgehead atoms. The maximum Gasteiger partial charge on any atom is 0.303 e. The molecular formula is C22H30F2N10O. The number of aryl methyl sites for hydroxylation is 1. The largest absolute Gasteiger partial charge is 0.339 e. The summed E-state index contributed by atoms with van der Waals surface area (Å²) in [6, 6.07) is 4.96. The smallest absolute Gasteiger partial charge is 0.303 e. The first-order chi connectivity index (χ1) is 16.2. The fraction of sp³-hybridized carbons (Fsp3) is 0.409. The SMILES string of the molecule is CC(=O)Nc1cc(Nc2cc(C)nc(C(C)(F)F)n2)c(-c2cc(C(C)(C)N(C)C)n(NN)n2)cn1. The number of anilines is 3. The first kappa shape index (κ1) is 25.9. The van der Waals surface area contributed by atoms with Crippen molar-refractivity contribution in [2.75, 3.05) is 30.3 Å². The highest BCUT2D eigenvalue weighted by molar-refractivity contribution is 5.89. The van der Waals surface area contributed by atoms with Crippen LogP contribution in [0.2, 0.25) is 0 Å². The van der Waals surface area contributed by atoms with Crippen LogP contribution in [0.4, 0.5) is 26.1 Å². The third kappa shape index (κ3) is 5.69. The van der Waals surface area contributed by atoms with E-state index >= 15 is 0 Å². The molecule has 0 aliphatic heterocycles. The molecule has 0 aromatic carbocycles. The number of hydrazine groups is 1. The molecule has 0 aliphatic carbocycles. The van der Waals surface area contributed by atoms with Crippen LogP contribution in [-0.2, 0) is 16.3 Å². The first-order valence-electron chi connectivity index (χ1n) is 10.8. The lowest BCUT2D eigenvalue weighted by Crippen LogP contribution is -2.40. The Balaban J connectivity index is 2.15. The second kappa shape index (κ2) is 9.50. The predicted octanol–water partition coefficient (Wildman–Crippen LogP) is 3.07. The van der Waals surface area contributed by atoms with Gasteiger partial charge in [-0.1, -0.05) is 0 Å². The average Bonchev–Trinajstić information content (AvgIpc) is 3.17. The molecule has 1 amide bonds. The molecule has 0 saturated carbocycles. The number of aromatic nitrogens is 5. The highest BCUT2D eigenvalue weighted by atomic mass is 19.3. The van der Waals surface area contributed by atoms with Crippen LogP contribution in [0.3, 0.4) is 0 Å². The number of hydrogen-bond acceptors (Lipinski definition) is 9. The van der Waals surface area contributed by atoms with Crippen molar-refractivity contribution >= 4 is 23.2 Å². The van der Waals surface area contributed by atoms with E-state index in [0.29, 0.717) is 22.6 Å². The van der Waals surface area contributed by atoms with Gasteiger partial charge in [0.1, 0.15) is 11.6 Å². The third-order valence-electron chi connectivity index (χ3n) is 5.57. The van der Waals surface area contributed by atoms with Gasteiger partial charge in [0.05, 0.1) is 22.6 Å². The summed E-state index contributed by atoms with van der Waals surface area (Å²) in [6.45, 7) is 7.71. The van der Waals surface area contributed by atoms with Crippen LogP contribution >= 0.6 is 0 Å². The average molecular weight is 489 g/mol. The van der Waals surface area contributed by atoms with Crippen molar-refractivity contribution in [1.82, 2.24) is 29.7 Å². The first-order valence-corrected chi connectivity index (χ1v) is 10.8. The second-order valence-electron chi connectivity index (χ2n) is 8.94. The number of amides is 1. The molecule has 0 unspecified atom stereocenters. The number of alkyl halides is 2. The van der Waals surface area contributed by atoms with Crippen LogP contribution in [0, 0.1) is 6.92 Å². The maximum atomic E-state index is 13.9. The number of carbonyl (C=O) groups is 1.